The van der Waals surface area contributed by atoms with Crippen molar-refractivity contribution in [3.05, 3.63) is 125 Å². The van der Waals surface area contributed by atoms with E-state index < -0.39 is 0 Å². The van der Waals surface area contributed by atoms with Crippen LogP contribution < -0.4 is 14.2 Å². The van der Waals surface area contributed by atoms with Gasteiger partial charge in [0.05, 0.1) is 19.8 Å². The summed E-state index contributed by atoms with van der Waals surface area (Å²) < 4.78 is 16.7. The Morgan fingerprint density at radius 3 is 1.94 bits per heavy atom. The highest BCUT2D eigenvalue weighted by Crippen LogP contribution is 2.47. The zero-order valence-corrected chi connectivity index (χ0v) is 19.0. The average molecular weight is 449 g/mol. The first-order chi connectivity index (χ1) is 16.7. The fraction of sp³-hybridized carbons (Fsp3) is 0.100. The van der Waals surface area contributed by atoms with Gasteiger partial charge in [-0.05, 0) is 65.2 Å². The van der Waals surface area contributed by atoms with Gasteiger partial charge >= 0.3 is 0 Å². The van der Waals surface area contributed by atoms with Crippen LogP contribution in [0.2, 0.25) is 0 Å². The minimum atomic E-state index is -0.176. The van der Waals surface area contributed by atoms with Crippen molar-refractivity contribution in [2.24, 2.45) is 0 Å². The average Bonchev–Trinajstić information content (AvgIpc) is 3.17. The molecule has 0 saturated heterocycles. The molecule has 0 radical (unpaired) electrons. The van der Waals surface area contributed by atoms with Gasteiger partial charge in [-0.1, -0.05) is 54.6 Å². The predicted molar refractivity (Wildman–Crippen MR) is 133 cm³/mol. The highest BCUT2D eigenvalue weighted by molar-refractivity contribution is 6.19. The Kier molecular flexibility index (Phi) is 5.88. The number of hydrogen-bond acceptors (Lipinski definition) is 4. The van der Waals surface area contributed by atoms with Crippen molar-refractivity contribution >= 4 is 11.9 Å². The third kappa shape index (κ3) is 4.06. The van der Waals surface area contributed by atoms with Crippen LogP contribution in [0.5, 0.6) is 23.0 Å². The molecule has 0 fully saturated rings. The van der Waals surface area contributed by atoms with Gasteiger partial charge in [-0.3, -0.25) is 4.79 Å². The van der Waals surface area contributed by atoms with Crippen molar-refractivity contribution in [3.8, 4) is 23.0 Å². The molecule has 0 bridgehead atoms. The number of ketones is 1. The van der Waals surface area contributed by atoms with Crippen LogP contribution in [0.15, 0.2) is 103 Å². The number of methoxy groups -OCH3 is 2. The van der Waals surface area contributed by atoms with Crippen molar-refractivity contribution in [2.45, 2.75) is 5.92 Å². The molecular weight excluding hydrogens is 424 g/mol. The van der Waals surface area contributed by atoms with E-state index in [0.717, 1.165) is 33.8 Å². The van der Waals surface area contributed by atoms with Gasteiger partial charge < -0.3 is 14.2 Å². The summed E-state index contributed by atoms with van der Waals surface area (Å²) in [5.41, 5.74) is 4.28. The van der Waals surface area contributed by atoms with Gasteiger partial charge in [-0.25, -0.2) is 0 Å². The SMILES string of the molecule is COc1ccc(C=C2C(=O)c3c(Oc4ccc(OC)cc4)cccc3C2c2ccccc2)cc1. The largest absolute Gasteiger partial charge is 0.497 e. The molecule has 0 heterocycles. The number of Topliss-reactive ketones (excluding diaryl/α,β-unsaturated/α-hetero) is 1. The van der Waals surface area contributed by atoms with E-state index in [9.17, 15) is 4.79 Å². The smallest absolute Gasteiger partial charge is 0.194 e. The van der Waals surface area contributed by atoms with Crippen LogP contribution in [0.3, 0.4) is 0 Å². The van der Waals surface area contributed by atoms with E-state index in [-0.39, 0.29) is 11.7 Å². The lowest BCUT2D eigenvalue weighted by Crippen LogP contribution is -2.02. The molecule has 0 amide bonds. The number of carbonyl (C=O) groups excluding carboxylic acids is 1. The molecule has 1 unspecified atom stereocenters. The Morgan fingerprint density at radius 1 is 0.676 bits per heavy atom. The van der Waals surface area contributed by atoms with Gasteiger partial charge in [0.15, 0.2) is 5.78 Å². The quantitative estimate of drug-likeness (QED) is 0.301. The van der Waals surface area contributed by atoms with Crippen LogP contribution in [0.25, 0.3) is 6.08 Å². The van der Waals surface area contributed by atoms with E-state index in [1.807, 2.05) is 91.0 Å². The molecule has 0 N–H and O–H groups in total. The summed E-state index contributed by atoms with van der Waals surface area (Å²) >= 11 is 0. The maximum absolute atomic E-state index is 13.8. The van der Waals surface area contributed by atoms with E-state index in [1.54, 1.807) is 14.2 Å². The Morgan fingerprint density at radius 2 is 1.29 bits per heavy atom. The maximum Gasteiger partial charge on any atom is 0.194 e. The molecule has 168 valence electrons. The summed E-state index contributed by atoms with van der Waals surface area (Å²) in [7, 11) is 3.26. The first-order valence-corrected chi connectivity index (χ1v) is 11.1. The lowest BCUT2D eigenvalue weighted by Gasteiger charge is -2.14. The molecule has 4 aromatic rings. The van der Waals surface area contributed by atoms with E-state index in [1.165, 1.54) is 0 Å². The minimum absolute atomic E-state index is 0.0243. The minimum Gasteiger partial charge on any atom is -0.497 e. The van der Waals surface area contributed by atoms with Crippen molar-refractivity contribution in [1.82, 2.24) is 0 Å². The van der Waals surface area contributed by atoms with E-state index >= 15 is 0 Å². The number of ether oxygens (including phenoxy) is 3. The molecule has 1 aliphatic rings. The summed E-state index contributed by atoms with van der Waals surface area (Å²) in [4.78, 5) is 13.8. The molecule has 5 rings (SSSR count). The number of rotatable bonds is 6. The van der Waals surface area contributed by atoms with E-state index in [2.05, 4.69) is 12.1 Å². The maximum atomic E-state index is 13.8. The molecular formula is C30H24O4. The highest BCUT2D eigenvalue weighted by atomic mass is 16.5. The Bertz CT molecular complexity index is 1340. The van der Waals surface area contributed by atoms with E-state index in [4.69, 9.17) is 14.2 Å². The van der Waals surface area contributed by atoms with E-state index in [0.29, 0.717) is 17.1 Å². The summed E-state index contributed by atoms with van der Waals surface area (Å²) in [6.45, 7) is 0. The lowest BCUT2D eigenvalue weighted by atomic mass is 9.89. The highest BCUT2D eigenvalue weighted by Gasteiger charge is 2.38. The third-order valence-electron chi connectivity index (χ3n) is 6.03. The number of benzene rings is 4. The Hall–Kier alpha value is -4.31. The van der Waals surface area contributed by atoms with Crippen LogP contribution in [0.1, 0.15) is 33.0 Å². The van der Waals surface area contributed by atoms with Crippen LogP contribution in [-0.2, 0) is 0 Å². The monoisotopic (exact) mass is 448 g/mol. The van der Waals surface area contributed by atoms with Gasteiger partial charge in [0, 0.05) is 11.5 Å². The summed E-state index contributed by atoms with van der Waals surface area (Å²) in [5.74, 6) is 2.51. The van der Waals surface area contributed by atoms with Gasteiger partial charge in [0.2, 0.25) is 0 Å². The van der Waals surface area contributed by atoms with Crippen LogP contribution in [-0.4, -0.2) is 20.0 Å². The molecule has 0 spiro atoms. The molecule has 0 saturated carbocycles. The van der Waals surface area contributed by atoms with Crippen molar-refractivity contribution in [1.29, 1.82) is 0 Å². The molecule has 4 nitrogen and oxygen atoms in total. The fourth-order valence-corrected chi connectivity index (χ4v) is 4.36. The molecule has 4 aromatic carbocycles. The molecule has 4 heteroatoms. The lowest BCUT2D eigenvalue weighted by molar-refractivity contribution is 0.103. The zero-order valence-electron chi connectivity index (χ0n) is 19.0. The molecule has 34 heavy (non-hydrogen) atoms. The number of allylic oxidation sites excluding steroid dienone is 1. The summed E-state index contributed by atoms with van der Waals surface area (Å²) in [6, 6.07) is 31.0. The topological polar surface area (TPSA) is 44.8 Å². The van der Waals surface area contributed by atoms with Crippen LogP contribution in [0, 0.1) is 0 Å². The molecule has 1 aliphatic carbocycles. The van der Waals surface area contributed by atoms with Crippen molar-refractivity contribution in [2.75, 3.05) is 14.2 Å². The van der Waals surface area contributed by atoms with Gasteiger partial charge in [-0.15, -0.1) is 0 Å². The molecule has 0 aliphatic heterocycles. The van der Waals surface area contributed by atoms with Crippen molar-refractivity contribution in [3.63, 3.8) is 0 Å². The van der Waals surface area contributed by atoms with Gasteiger partial charge in [0.25, 0.3) is 0 Å². The normalized spacial score (nSPS) is 15.8. The van der Waals surface area contributed by atoms with Crippen LogP contribution in [0.4, 0.5) is 0 Å². The first kappa shape index (κ1) is 21.5. The predicted octanol–water partition coefficient (Wildman–Crippen LogP) is 6.91. The Labute approximate surface area is 199 Å². The third-order valence-corrected chi connectivity index (χ3v) is 6.03. The standard InChI is InChI=1S/C30H24O4/c1-32-22-13-11-20(12-14-22)19-26-28(21-7-4-3-5-8-21)25-9-6-10-27(29(25)30(26)31)34-24-17-15-23(33-2)16-18-24/h3-19,28H,1-2H3. The second-order valence-electron chi connectivity index (χ2n) is 8.04. The van der Waals surface area contributed by atoms with Gasteiger partial charge in [0.1, 0.15) is 23.0 Å². The van der Waals surface area contributed by atoms with Gasteiger partial charge in [-0.2, -0.15) is 0 Å². The molecule has 0 aromatic heterocycles. The van der Waals surface area contributed by atoms with Crippen LogP contribution >= 0.6 is 0 Å². The Balaban J connectivity index is 1.60. The number of carbonyl (C=O) groups is 1. The second-order valence-corrected chi connectivity index (χ2v) is 8.04. The fourth-order valence-electron chi connectivity index (χ4n) is 4.36. The zero-order chi connectivity index (χ0) is 23.5. The summed E-state index contributed by atoms with van der Waals surface area (Å²) in [5, 5.41) is 0. The second kappa shape index (κ2) is 9.28. The summed E-state index contributed by atoms with van der Waals surface area (Å²) in [6.07, 6.45) is 1.97. The number of hydrogen-bond donors (Lipinski definition) is 0. The first-order valence-electron chi connectivity index (χ1n) is 11.1. The molecule has 1 atom stereocenters. The number of fused-ring (bicyclic) bond motifs is 1. The van der Waals surface area contributed by atoms with Crippen molar-refractivity contribution < 1.29 is 19.0 Å².